The third-order valence-corrected chi connectivity index (χ3v) is 5.16. The normalized spacial score (nSPS) is 15.2. The average molecular weight is 380 g/mol. The highest BCUT2D eigenvalue weighted by Crippen LogP contribution is 2.23. The Labute approximate surface area is 163 Å². The van der Waals surface area contributed by atoms with Gasteiger partial charge in [0.2, 0.25) is 0 Å². The number of ether oxygens (including phenoxy) is 1. The monoisotopic (exact) mass is 380 g/mol. The predicted molar refractivity (Wildman–Crippen MR) is 105 cm³/mol. The van der Waals surface area contributed by atoms with E-state index in [1.807, 2.05) is 49.1 Å². The summed E-state index contributed by atoms with van der Waals surface area (Å²) in [5.74, 6) is 1.66. The van der Waals surface area contributed by atoms with Gasteiger partial charge in [-0.05, 0) is 32.0 Å². The van der Waals surface area contributed by atoms with Gasteiger partial charge in [0, 0.05) is 43.7 Å². The molecule has 3 heterocycles. The molecule has 7 nitrogen and oxygen atoms in total. The summed E-state index contributed by atoms with van der Waals surface area (Å²) in [5.41, 5.74) is 3.13. The zero-order valence-corrected chi connectivity index (χ0v) is 16.4. The van der Waals surface area contributed by atoms with Crippen molar-refractivity contribution in [1.82, 2.24) is 19.9 Å². The molecule has 0 aliphatic carbocycles. The van der Waals surface area contributed by atoms with Crippen LogP contribution in [0.25, 0.3) is 10.9 Å². The van der Waals surface area contributed by atoms with E-state index in [4.69, 9.17) is 9.26 Å². The molecular weight excluding hydrogens is 356 g/mol. The number of fused-ring (bicyclic) bond motifs is 1. The topological polar surface area (TPSA) is 71.7 Å². The number of benzene rings is 1. The number of rotatable bonds is 4. The van der Waals surface area contributed by atoms with E-state index in [0.717, 1.165) is 53.4 Å². The van der Waals surface area contributed by atoms with Crippen molar-refractivity contribution in [2.45, 2.75) is 20.4 Å². The molecular formula is C21H24N4O3. The molecule has 3 aromatic rings. The second-order valence-electron chi connectivity index (χ2n) is 7.18. The summed E-state index contributed by atoms with van der Waals surface area (Å²) in [6, 6.07) is 9.60. The summed E-state index contributed by atoms with van der Waals surface area (Å²) in [7, 11) is 1.63. The first-order valence-corrected chi connectivity index (χ1v) is 9.43. The van der Waals surface area contributed by atoms with Gasteiger partial charge in [-0.15, -0.1) is 0 Å². The Morgan fingerprint density at radius 1 is 1.14 bits per heavy atom. The fourth-order valence-corrected chi connectivity index (χ4v) is 3.58. The Hall–Kier alpha value is -2.93. The first kappa shape index (κ1) is 18.4. The number of aryl methyl sites for hydroxylation is 2. The van der Waals surface area contributed by atoms with Crippen LogP contribution in [0.4, 0.5) is 0 Å². The van der Waals surface area contributed by atoms with Crippen LogP contribution in [-0.4, -0.2) is 59.1 Å². The Kier molecular flexibility index (Phi) is 5.00. The lowest BCUT2D eigenvalue weighted by molar-refractivity contribution is 0.0616. The molecule has 1 aromatic carbocycles. The lowest BCUT2D eigenvalue weighted by Crippen LogP contribution is -2.48. The Morgan fingerprint density at radius 3 is 2.61 bits per heavy atom. The number of piperazine rings is 1. The fourth-order valence-electron chi connectivity index (χ4n) is 3.58. The van der Waals surface area contributed by atoms with Crippen LogP contribution in [0.2, 0.25) is 0 Å². The van der Waals surface area contributed by atoms with Gasteiger partial charge in [0.05, 0.1) is 36.1 Å². The number of pyridine rings is 1. The maximum absolute atomic E-state index is 13.1. The SMILES string of the molecule is COc1ccc2cc(C(=O)N3CCN(Cc4cc(C)no4)CC3)c(C)nc2c1. The van der Waals surface area contributed by atoms with Gasteiger partial charge in [-0.25, -0.2) is 0 Å². The van der Waals surface area contributed by atoms with E-state index >= 15 is 0 Å². The fraction of sp³-hybridized carbons (Fsp3) is 0.381. The van der Waals surface area contributed by atoms with E-state index in [9.17, 15) is 4.79 Å². The molecule has 0 atom stereocenters. The minimum atomic E-state index is 0.0397. The van der Waals surface area contributed by atoms with Crippen LogP contribution in [0.1, 0.15) is 27.5 Å². The molecule has 4 rings (SSSR count). The highest BCUT2D eigenvalue weighted by Gasteiger charge is 2.24. The maximum atomic E-state index is 13.1. The number of nitrogens with zero attached hydrogens (tertiary/aromatic N) is 4. The zero-order chi connectivity index (χ0) is 19.7. The van der Waals surface area contributed by atoms with Crippen LogP contribution < -0.4 is 4.74 Å². The first-order chi connectivity index (χ1) is 13.5. The van der Waals surface area contributed by atoms with Gasteiger partial charge in [-0.2, -0.15) is 0 Å². The molecule has 28 heavy (non-hydrogen) atoms. The average Bonchev–Trinajstić information content (AvgIpc) is 3.11. The van der Waals surface area contributed by atoms with Crippen molar-refractivity contribution in [3.63, 3.8) is 0 Å². The molecule has 2 aromatic heterocycles. The third-order valence-electron chi connectivity index (χ3n) is 5.16. The minimum Gasteiger partial charge on any atom is -0.497 e. The van der Waals surface area contributed by atoms with Gasteiger partial charge < -0.3 is 14.2 Å². The van der Waals surface area contributed by atoms with Crippen LogP contribution in [0, 0.1) is 13.8 Å². The summed E-state index contributed by atoms with van der Waals surface area (Å²) in [6.07, 6.45) is 0. The van der Waals surface area contributed by atoms with Gasteiger partial charge in [0.25, 0.3) is 5.91 Å². The molecule has 0 unspecified atom stereocenters. The standard InChI is InChI=1S/C21H24N4O3/c1-14-10-18(28-23-14)13-24-6-8-25(9-7-24)21(26)19-11-16-4-5-17(27-3)12-20(16)22-15(19)2/h4-5,10-12H,6-9,13H2,1-3H3. The van der Waals surface area contributed by atoms with Crippen molar-refractivity contribution in [3.05, 3.63) is 53.0 Å². The Balaban J connectivity index is 1.45. The predicted octanol–water partition coefficient (Wildman–Crippen LogP) is 2.81. The number of amides is 1. The van der Waals surface area contributed by atoms with Gasteiger partial charge in [-0.1, -0.05) is 5.16 Å². The van der Waals surface area contributed by atoms with Gasteiger partial charge in [-0.3, -0.25) is 14.7 Å². The van der Waals surface area contributed by atoms with Crippen molar-refractivity contribution in [2.24, 2.45) is 0 Å². The molecule has 1 aliphatic rings. The van der Waals surface area contributed by atoms with Gasteiger partial charge >= 0.3 is 0 Å². The molecule has 0 bridgehead atoms. The number of hydrogen-bond acceptors (Lipinski definition) is 6. The van der Waals surface area contributed by atoms with Crippen molar-refractivity contribution >= 4 is 16.8 Å². The van der Waals surface area contributed by atoms with E-state index in [-0.39, 0.29) is 5.91 Å². The van der Waals surface area contributed by atoms with E-state index in [2.05, 4.69) is 15.0 Å². The molecule has 0 N–H and O–H groups in total. The van der Waals surface area contributed by atoms with Crippen molar-refractivity contribution in [1.29, 1.82) is 0 Å². The van der Waals surface area contributed by atoms with Gasteiger partial charge in [0.1, 0.15) is 5.75 Å². The summed E-state index contributed by atoms with van der Waals surface area (Å²) in [6.45, 7) is 7.51. The molecule has 0 spiro atoms. The summed E-state index contributed by atoms with van der Waals surface area (Å²) < 4.78 is 10.6. The van der Waals surface area contributed by atoms with Crippen molar-refractivity contribution in [2.75, 3.05) is 33.3 Å². The van der Waals surface area contributed by atoms with Crippen LogP contribution in [0.3, 0.4) is 0 Å². The molecule has 7 heteroatoms. The van der Waals surface area contributed by atoms with Crippen molar-refractivity contribution in [3.8, 4) is 5.75 Å². The quantitative estimate of drug-likeness (QED) is 0.693. The maximum Gasteiger partial charge on any atom is 0.255 e. The van der Waals surface area contributed by atoms with Crippen LogP contribution in [-0.2, 0) is 6.54 Å². The third kappa shape index (κ3) is 3.71. The zero-order valence-electron chi connectivity index (χ0n) is 16.4. The largest absolute Gasteiger partial charge is 0.497 e. The molecule has 1 aliphatic heterocycles. The van der Waals surface area contributed by atoms with Crippen LogP contribution in [0.15, 0.2) is 34.9 Å². The lowest BCUT2D eigenvalue weighted by atomic mass is 10.1. The Morgan fingerprint density at radius 2 is 1.93 bits per heavy atom. The highest BCUT2D eigenvalue weighted by atomic mass is 16.5. The summed E-state index contributed by atoms with van der Waals surface area (Å²) in [4.78, 5) is 21.9. The number of carbonyl (C=O) groups is 1. The van der Waals surface area contributed by atoms with E-state index < -0.39 is 0 Å². The molecule has 1 fully saturated rings. The number of hydrogen-bond donors (Lipinski definition) is 0. The summed E-state index contributed by atoms with van der Waals surface area (Å²) >= 11 is 0. The van der Waals surface area contributed by atoms with Crippen molar-refractivity contribution < 1.29 is 14.1 Å². The molecule has 0 saturated carbocycles. The second-order valence-corrected chi connectivity index (χ2v) is 7.18. The summed E-state index contributed by atoms with van der Waals surface area (Å²) in [5, 5.41) is 4.87. The second kappa shape index (κ2) is 7.59. The number of aromatic nitrogens is 2. The molecule has 146 valence electrons. The van der Waals surface area contributed by atoms with E-state index in [1.54, 1.807) is 7.11 Å². The van der Waals surface area contributed by atoms with Crippen LogP contribution >= 0.6 is 0 Å². The number of methoxy groups -OCH3 is 1. The van der Waals surface area contributed by atoms with E-state index in [0.29, 0.717) is 18.7 Å². The number of carbonyl (C=O) groups excluding carboxylic acids is 1. The lowest BCUT2D eigenvalue weighted by Gasteiger charge is -2.34. The highest BCUT2D eigenvalue weighted by molar-refractivity contribution is 5.98. The van der Waals surface area contributed by atoms with Crippen LogP contribution in [0.5, 0.6) is 5.75 Å². The molecule has 1 amide bonds. The minimum absolute atomic E-state index is 0.0397. The molecule has 1 saturated heterocycles. The van der Waals surface area contributed by atoms with Gasteiger partial charge in [0.15, 0.2) is 5.76 Å². The Bertz CT molecular complexity index is 1010. The first-order valence-electron chi connectivity index (χ1n) is 9.43. The molecule has 0 radical (unpaired) electrons. The van der Waals surface area contributed by atoms with E-state index in [1.165, 1.54) is 0 Å². The smallest absolute Gasteiger partial charge is 0.255 e.